The van der Waals surface area contributed by atoms with Gasteiger partial charge >= 0.3 is 12.1 Å². The smallest absolute Gasteiger partial charge is 0.417 e. The Morgan fingerprint density at radius 2 is 2.00 bits per heavy atom. The van der Waals surface area contributed by atoms with Gasteiger partial charge in [0.1, 0.15) is 5.56 Å². The molecule has 0 atom stereocenters. The minimum atomic E-state index is -4.67. The normalized spacial score (nSPS) is 11.1. The molecule has 0 amide bonds. The van der Waals surface area contributed by atoms with Gasteiger partial charge in [-0.1, -0.05) is 0 Å². The van der Waals surface area contributed by atoms with Crippen LogP contribution in [-0.4, -0.2) is 25.2 Å². The summed E-state index contributed by atoms with van der Waals surface area (Å²) in [6.45, 7) is 0. The monoisotopic (exact) mass is 235 g/mol. The number of methoxy groups -OCH3 is 2. The molecule has 7 heteroatoms. The van der Waals surface area contributed by atoms with Crippen LogP contribution in [0, 0.1) is 0 Å². The molecule has 0 radical (unpaired) electrons. The highest BCUT2D eigenvalue weighted by molar-refractivity contribution is 5.93. The molecule has 0 spiro atoms. The molecule has 0 aliphatic heterocycles. The highest BCUT2D eigenvalue weighted by atomic mass is 19.4. The number of esters is 1. The van der Waals surface area contributed by atoms with Crippen molar-refractivity contribution in [2.24, 2.45) is 0 Å². The lowest BCUT2D eigenvalue weighted by Gasteiger charge is -2.13. The van der Waals surface area contributed by atoms with E-state index in [9.17, 15) is 18.0 Å². The van der Waals surface area contributed by atoms with Crippen molar-refractivity contribution < 1.29 is 27.4 Å². The lowest BCUT2D eigenvalue weighted by atomic mass is 10.1. The Kier molecular flexibility index (Phi) is 3.36. The first kappa shape index (κ1) is 12.3. The van der Waals surface area contributed by atoms with Gasteiger partial charge in [0.15, 0.2) is 0 Å². The van der Waals surface area contributed by atoms with Gasteiger partial charge in [-0.15, -0.1) is 0 Å². The Morgan fingerprint density at radius 3 is 2.44 bits per heavy atom. The number of nitrogens with zero attached hydrogens (tertiary/aromatic N) is 1. The number of halogens is 3. The summed E-state index contributed by atoms with van der Waals surface area (Å²) < 4.78 is 46.6. The molecule has 0 saturated carbocycles. The first-order valence-electron chi connectivity index (χ1n) is 4.10. The van der Waals surface area contributed by atoms with Crippen LogP contribution < -0.4 is 4.74 Å². The molecular weight excluding hydrogens is 227 g/mol. The molecule has 1 aromatic heterocycles. The zero-order chi connectivity index (χ0) is 12.3. The second-order valence-corrected chi connectivity index (χ2v) is 2.73. The molecular formula is C9H8F3NO3. The van der Waals surface area contributed by atoms with E-state index in [4.69, 9.17) is 0 Å². The number of hydrogen-bond donors (Lipinski definition) is 0. The van der Waals surface area contributed by atoms with Crippen molar-refractivity contribution in [1.82, 2.24) is 4.98 Å². The standard InChI is InChI=1S/C9H8F3NO3/c1-15-7-6(8(14)16-2)5(3-4-13-7)9(10,11)12/h3-4H,1-2H3. The summed E-state index contributed by atoms with van der Waals surface area (Å²) in [5, 5.41) is 0. The molecule has 0 bridgehead atoms. The minimum Gasteiger partial charge on any atom is -0.480 e. The second kappa shape index (κ2) is 4.38. The Hall–Kier alpha value is -1.79. The summed E-state index contributed by atoms with van der Waals surface area (Å²) in [5.41, 5.74) is -1.86. The Bertz CT molecular complexity index is 403. The van der Waals surface area contributed by atoms with Crippen LogP contribution in [0.2, 0.25) is 0 Å². The van der Waals surface area contributed by atoms with Crippen molar-refractivity contribution >= 4 is 5.97 Å². The summed E-state index contributed by atoms with van der Waals surface area (Å²) in [5.74, 6) is -1.56. The lowest BCUT2D eigenvalue weighted by Crippen LogP contribution is -2.16. The van der Waals surface area contributed by atoms with Gasteiger partial charge < -0.3 is 9.47 Å². The van der Waals surface area contributed by atoms with Crippen LogP contribution in [0.4, 0.5) is 13.2 Å². The molecule has 0 N–H and O–H groups in total. The summed E-state index contributed by atoms with van der Waals surface area (Å²) >= 11 is 0. The number of ether oxygens (including phenoxy) is 2. The average molecular weight is 235 g/mol. The number of pyridine rings is 1. The minimum absolute atomic E-state index is 0.415. The van der Waals surface area contributed by atoms with Gasteiger partial charge in [0, 0.05) is 6.20 Å². The molecule has 4 nitrogen and oxygen atoms in total. The van der Waals surface area contributed by atoms with Gasteiger partial charge in [-0.25, -0.2) is 9.78 Å². The van der Waals surface area contributed by atoms with Gasteiger partial charge in [-0.3, -0.25) is 0 Å². The Morgan fingerprint density at radius 1 is 1.38 bits per heavy atom. The van der Waals surface area contributed by atoms with Crippen molar-refractivity contribution in [2.75, 3.05) is 14.2 Å². The average Bonchev–Trinajstić information content (AvgIpc) is 2.25. The van der Waals surface area contributed by atoms with Crippen molar-refractivity contribution in [3.63, 3.8) is 0 Å². The number of hydrogen-bond acceptors (Lipinski definition) is 4. The Labute approximate surface area is 89.0 Å². The van der Waals surface area contributed by atoms with Gasteiger partial charge in [0.2, 0.25) is 5.88 Å². The van der Waals surface area contributed by atoms with Crippen LogP contribution in [0.25, 0.3) is 0 Å². The number of alkyl halides is 3. The molecule has 1 rings (SSSR count). The lowest BCUT2D eigenvalue weighted by molar-refractivity contribution is -0.138. The molecule has 0 aliphatic carbocycles. The molecule has 0 unspecified atom stereocenters. The van der Waals surface area contributed by atoms with Crippen LogP contribution in [0.1, 0.15) is 15.9 Å². The van der Waals surface area contributed by atoms with Crippen molar-refractivity contribution in [3.8, 4) is 5.88 Å². The van der Waals surface area contributed by atoms with Crippen LogP contribution in [0.15, 0.2) is 12.3 Å². The SMILES string of the molecule is COC(=O)c1c(C(F)(F)F)ccnc1OC. The number of rotatable bonds is 2. The quantitative estimate of drug-likeness (QED) is 0.734. The first-order chi connectivity index (χ1) is 7.41. The van der Waals surface area contributed by atoms with E-state index in [1.54, 1.807) is 0 Å². The van der Waals surface area contributed by atoms with Crippen LogP contribution in [0.3, 0.4) is 0 Å². The summed E-state index contributed by atoms with van der Waals surface area (Å²) in [7, 11) is 2.10. The maximum Gasteiger partial charge on any atom is 0.417 e. The number of aromatic nitrogens is 1. The zero-order valence-corrected chi connectivity index (χ0v) is 8.46. The molecule has 88 valence electrons. The maximum absolute atomic E-state index is 12.6. The third kappa shape index (κ3) is 2.23. The number of carbonyl (C=O) groups excluding carboxylic acids is 1. The van der Waals surface area contributed by atoms with Crippen molar-refractivity contribution in [1.29, 1.82) is 0 Å². The number of carbonyl (C=O) groups is 1. The fraction of sp³-hybridized carbons (Fsp3) is 0.333. The summed E-state index contributed by atoms with van der Waals surface area (Å²) in [6.07, 6.45) is -3.76. The molecule has 0 fully saturated rings. The topological polar surface area (TPSA) is 48.4 Å². The van der Waals surface area contributed by atoms with Crippen molar-refractivity contribution in [3.05, 3.63) is 23.4 Å². The Balaban J connectivity index is 3.44. The summed E-state index contributed by atoms with van der Waals surface area (Å²) in [4.78, 5) is 14.7. The predicted octanol–water partition coefficient (Wildman–Crippen LogP) is 1.90. The zero-order valence-electron chi connectivity index (χ0n) is 8.46. The summed E-state index contributed by atoms with van der Waals surface area (Å²) in [6, 6.07) is 0.689. The van der Waals surface area contributed by atoms with Gasteiger partial charge in [0.05, 0.1) is 19.8 Å². The van der Waals surface area contributed by atoms with Gasteiger partial charge in [0.25, 0.3) is 0 Å². The fourth-order valence-electron chi connectivity index (χ4n) is 1.13. The maximum atomic E-state index is 12.6. The van der Waals surface area contributed by atoms with Crippen LogP contribution in [0.5, 0.6) is 5.88 Å². The fourth-order valence-corrected chi connectivity index (χ4v) is 1.13. The van der Waals surface area contributed by atoms with E-state index in [0.29, 0.717) is 6.07 Å². The first-order valence-corrected chi connectivity index (χ1v) is 4.10. The molecule has 1 aromatic rings. The van der Waals surface area contributed by atoms with Crippen molar-refractivity contribution in [2.45, 2.75) is 6.18 Å². The van der Waals surface area contributed by atoms with E-state index >= 15 is 0 Å². The van der Waals surface area contributed by atoms with E-state index in [-0.39, 0.29) is 0 Å². The third-order valence-electron chi connectivity index (χ3n) is 1.80. The largest absolute Gasteiger partial charge is 0.480 e. The van der Waals surface area contributed by atoms with E-state index in [1.165, 1.54) is 0 Å². The molecule has 0 aliphatic rings. The van der Waals surface area contributed by atoms with E-state index in [2.05, 4.69) is 14.5 Å². The molecule has 0 aromatic carbocycles. The highest BCUT2D eigenvalue weighted by Crippen LogP contribution is 2.35. The third-order valence-corrected chi connectivity index (χ3v) is 1.80. The van der Waals surface area contributed by atoms with Crippen LogP contribution >= 0.6 is 0 Å². The van der Waals surface area contributed by atoms with Crippen LogP contribution in [-0.2, 0) is 10.9 Å². The molecule has 1 heterocycles. The van der Waals surface area contributed by atoms with Gasteiger partial charge in [-0.05, 0) is 6.07 Å². The van der Waals surface area contributed by atoms with E-state index in [1.807, 2.05) is 0 Å². The van der Waals surface area contributed by atoms with E-state index < -0.39 is 29.2 Å². The van der Waals surface area contributed by atoms with Gasteiger partial charge in [-0.2, -0.15) is 13.2 Å². The highest BCUT2D eigenvalue weighted by Gasteiger charge is 2.37. The second-order valence-electron chi connectivity index (χ2n) is 2.73. The predicted molar refractivity (Wildman–Crippen MR) is 47.1 cm³/mol. The molecule has 16 heavy (non-hydrogen) atoms. The van der Waals surface area contributed by atoms with E-state index in [0.717, 1.165) is 20.4 Å². The molecule has 0 saturated heterocycles.